The van der Waals surface area contributed by atoms with Gasteiger partial charge in [-0.1, -0.05) is 30.3 Å². The Morgan fingerprint density at radius 2 is 1.83 bits per heavy atom. The number of benzene rings is 3. The minimum Gasteiger partial charge on any atom is -0.497 e. The molecule has 0 radical (unpaired) electrons. The fourth-order valence-electron chi connectivity index (χ4n) is 3.21. The molecule has 0 aliphatic heterocycles. The van der Waals surface area contributed by atoms with Gasteiger partial charge in [0.1, 0.15) is 18.1 Å². The van der Waals surface area contributed by atoms with Crippen molar-refractivity contribution in [3.05, 3.63) is 90.0 Å². The first-order chi connectivity index (χ1) is 14.5. The van der Waals surface area contributed by atoms with Gasteiger partial charge in [-0.2, -0.15) is 0 Å². The molecule has 1 N–H and O–H groups in total. The molecule has 0 saturated carbocycles. The van der Waals surface area contributed by atoms with E-state index in [1.165, 1.54) is 22.8 Å². The normalized spacial score (nSPS) is 10.7. The number of fused-ring (bicyclic) bond motifs is 1. The lowest BCUT2D eigenvalue weighted by Gasteiger charge is -2.10. The van der Waals surface area contributed by atoms with Crippen LogP contribution in [0.25, 0.3) is 11.0 Å². The second kappa shape index (κ2) is 8.16. The van der Waals surface area contributed by atoms with Crippen LogP contribution < -0.4 is 10.1 Å². The zero-order valence-corrected chi connectivity index (χ0v) is 16.1. The number of aromatic nitrogens is 2. The molecule has 0 spiro atoms. The summed E-state index contributed by atoms with van der Waals surface area (Å²) < 4.78 is 20.3. The van der Waals surface area contributed by atoms with Crippen LogP contribution in [0.15, 0.2) is 72.8 Å². The Bertz CT molecular complexity index is 1250. The number of para-hydroxylation sites is 2. The van der Waals surface area contributed by atoms with Gasteiger partial charge in [-0.25, -0.2) is 9.37 Å². The van der Waals surface area contributed by atoms with Crippen LogP contribution in [0.4, 0.5) is 10.1 Å². The SMILES string of the molecule is COc1cccc(NC(=O)Cn2c(C(=O)c3cccc(F)c3)nc3ccccc32)c1. The Kier molecular flexibility index (Phi) is 5.26. The zero-order chi connectivity index (χ0) is 21.1. The van der Waals surface area contributed by atoms with Crippen LogP contribution >= 0.6 is 0 Å². The van der Waals surface area contributed by atoms with Gasteiger partial charge in [0.2, 0.25) is 11.7 Å². The number of hydrogen-bond donors (Lipinski definition) is 1. The van der Waals surface area contributed by atoms with Crippen molar-refractivity contribution >= 4 is 28.4 Å². The maximum Gasteiger partial charge on any atom is 0.244 e. The molecule has 4 aromatic rings. The van der Waals surface area contributed by atoms with Crippen molar-refractivity contribution in [1.82, 2.24) is 9.55 Å². The van der Waals surface area contributed by atoms with Crippen LogP contribution in [0.3, 0.4) is 0 Å². The molecule has 150 valence electrons. The van der Waals surface area contributed by atoms with Gasteiger partial charge in [-0.15, -0.1) is 0 Å². The lowest BCUT2D eigenvalue weighted by atomic mass is 10.1. The van der Waals surface area contributed by atoms with E-state index in [0.717, 1.165) is 6.07 Å². The van der Waals surface area contributed by atoms with E-state index in [9.17, 15) is 14.0 Å². The van der Waals surface area contributed by atoms with Gasteiger partial charge < -0.3 is 14.6 Å². The number of nitrogens with zero attached hydrogens (tertiary/aromatic N) is 2. The minimum atomic E-state index is -0.515. The van der Waals surface area contributed by atoms with Crippen LogP contribution in [-0.2, 0) is 11.3 Å². The molecule has 7 heteroatoms. The topological polar surface area (TPSA) is 73.2 Å². The van der Waals surface area contributed by atoms with Crippen molar-refractivity contribution in [2.24, 2.45) is 0 Å². The van der Waals surface area contributed by atoms with E-state index in [2.05, 4.69) is 10.3 Å². The Hall–Kier alpha value is -4.00. The number of anilines is 1. The highest BCUT2D eigenvalue weighted by atomic mass is 19.1. The number of imidazole rings is 1. The molecular weight excluding hydrogens is 385 g/mol. The summed E-state index contributed by atoms with van der Waals surface area (Å²) in [7, 11) is 1.54. The maximum atomic E-state index is 13.6. The van der Waals surface area contributed by atoms with E-state index in [4.69, 9.17) is 4.74 Å². The van der Waals surface area contributed by atoms with E-state index in [1.54, 1.807) is 55.6 Å². The predicted octanol–water partition coefficient (Wildman–Crippen LogP) is 4.05. The molecule has 0 aliphatic rings. The Labute approximate surface area is 171 Å². The number of rotatable bonds is 6. The van der Waals surface area contributed by atoms with Crippen molar-refractivity contribution in [2.75, 3.05) is 12.4 Å². The summed E-state index contributed by atoms with van der Waals surface area (Å²) in [5.41, 5.74) is 1.95. The third-order valence-electron chi connectivity index (χ3n) is 4.60. The zero-order valence-electron chi connectivity index (χ0n) is 16.1. The average Bonchev–Trinajstić information content (AvgIpc) is 3.11. The monoisotopic (exact) mass is 403 g/mol. The number of hydrogen-bond acceptors (Lipinski definition) is 4. The highest BCUT2D eigenvalue weighted by Crippen LogP contribution is 2.20. The van der Waals surface area contributed by atoms with Crippen LogP contribution in [0.2, 0.25) is 0 Å². The first kappa shape index (κ1) is 19.3. The minimum absolute atomic E-state index is 0.0718. The molecule has 1 aromatic heterocycles. The Morgan fingerprint density at radius 3 is 2.63 bits per heavy atom. The highest BCUT2D eigenvalue weighted by molar-refractivity contribution is 6.08. The Morgan fingerprint density at radius 1 is 1.03 bits per heavy atom. The van der Waals surface area contributed by atoms with Crippen molar-refractivity contribution in [3.63, 3.8) is 0 Å². The maximum absolute atomic E-state index is 13.6. The van der Waals surface area contributed by atoms with E-state index in [1.807, 2.05) is 0 Å². The van der Waals surface area contributed by atoms with Gasteiger partial charge >= 0.3 is 0 Å². The number of amides is 1. The van der Waals surface area contributed by atoms with E-state index < -0.39 is 11.6 Å². The summed E-state index contributed by atoms with van der Waals surface area (Å²) in [4.78, 5) is 30.1. The number of ketones is 1. The predicted molar refractivity (Wildman–Crippen MR) is 111 cm³/mol. The molecule has 0 saturated heterocycles. The van der Waals surface area contributed by atoms with Crippen molar-refractivity contribution in [1.29, 1.82) is 0 Å². The smallest absolute Gasteiger partial charge is 0.244 e. The van der Waals surface area contributed by atoms with Gasteiger partial charge in [0, 0.05) is 17.3 Å². The molecule has 30 heavy (non-hydrogen) atoms. The van der Waals surface area contributed by atoms with Gasteiger partial charge in [0.15, 0.2) is 5.82 Å². The third-order valence-corrected chi connectivity index (χ3v) is 4.60. The van der Waals surface area contributed by atoms with Gasteiger partial charge in [0.05, 0.1) is 18.1 Å². The summed E-state index contributed by atoms with van der Waals surface area (Å²) in [6, 6.07) is 19.5. The Balaban J connectivity index is 1.68. The molecule has 0 fully saturated rings. The standard InChI is InChI=1S/C23H18FN3O3/c1-30-18-9-5-8-17(13-18)25-21(28)14-27-20-11-3-2-10-19(20)26-23(27)22(29)15-6-4-7-16(24)12-15/h2-13H,14H2,1H3,(H,25,28). The summed E-state index contributed by atoms with van der Waals surface area (Å²) in [6.45, 7) is -0.131. The summed E-state index contributed by atoms with van der Waals surface area (Å²) in [5, 5.41) is 2.80. The van der Waals surface area contributed by atoms with E-state index >= 15 is 0 Å². The summed E-state index contributed by atoms with van der Waals surface area (Å²) in [5.74, 6) is -0.621. The number of nitrogens with one attached hydrogen (secondary N) is 1. The number of carbonyl (C=O) groups excluding carboxylic acids is 2. The van der Waals surface area contributed by atoms with Gasteiger partial charge in [-0.3, -0.25) is 9.59 Å². The van der Waals surface area contributed by atoms with Crippen LogP contribution in [0.1, 0.15) is 16.2 Å². The third kappa shape index (κ3) is 3.91. The molecule has 3 aromatic carbocycles. The molecule has 0 atom stereocenters. The van der Waals surface area contributed by atoms with Crippen molar-refractivity contribution in [3.8, 4) is 5.75 Å². The quantitative estimate of drug-likeness (QED) is 0.493. The number of carbonyl (C=O) groups is 2. The van der Waals surface area contributed by atoms with Crippen LogP contribution in [0.5, 0.6) is 5.75 Å². The molecule has 0 aliphatic carbocycles. The molecule has 1 heterocycles. The van der Waals surface area contributed by atoms with Crippen LogP contribution in [0, 0.1) is 5.82 Å². The fourth-order valence-corrected chi connectivity index (χ4v) is 3.21. The lowest BCUT2D eigenvalue weighted by molar-refractivity contribution is -0.116. The lowest BCUT2D eigenvalue weighted by Crippen LogP contribution is -2.22. The largest absolute Gasteiger partial charge is 0.497 e. The summed E-state index contributed by atoms with van der Waals surface area (Å²) in [6.07, 6.45) is 0. The first-order valence-electron chi connectivity index (χ1n) is 9.24. The number of ether oxygens (including phenoxy) is 1. The average molecular weight is 403 g/mol. The van der Waals surface area contributed by atoms with Gasteiger partial charge in [0.25, 0.3) is 0 Å². The highest BCUT2D eigenvalue weighted by Gasteiger charge is 2.21. The van der Waals surface area contributed by atoms with E-state index in [-0.39, 0.29) is 23.8 Å². The molecular formula is C23H18FN3O3. The van der Waals surface area contributed by atoms with E-state index in [0.29, 0.717) is 22.5 Å². The van der Waals surface area contributed by atoms with Crippen molar-refractivity contribution in [2.45, 2.75) is 6.54 Å². The van der Waals surface area contributed by atoms with Gasteiger partial charge in [-0.05, 0) is 36.4 Å². The first-order valence-corrected chi connectivity index (χ1v) is 9.24. The second-order valence-corrected chi connectivity index (χ2v) is 6.63. The fraction of sp³-hybridized carbons (Fsp3) is 0.0870. The molecule has 1 amide bonds. The molecule has 0 unspecified atom stereocenters. The molecule has 6 nitrogen and oxygen atoms in total. The summed E-state index contributed by atoms with van der Waals surface area (Å²) >= 11 is 0. The second-order valence-electron chi connectivity index (χ2n) is 6.63. The molecule has 4 rings (SSSR count). The number of methoxy groups -OCH3 is 1. The van der Waals surface area contributed by atoms with Crippen molar-refractivity contribution < 1.29 is 18.7 Å². The number of halogens is 1. The van der Waals surface area contributed by atoms with Crippen LogP contribution in [-0.4, -0.2) is 28.4 Å². The molecule has 0 bridgehead atoms.